The Morgan fingerprint density at radius 1 is 0.616 bits per heavy atom. The first-order chi connectivity index (χ1) is 34.8. The SMILES string of the molecule is CCC(C)(C)C(=O)Oc1ccc(C(=O)OCC2CCC3OC3C2)cc1.CCC(C)(C)C(=O)Oc1ccc(C(=O)OCC2CCC3OC3C2)cc1C.CCC(C)C(=O)OCCOCCNC(=O)C1CCC2OC2C1. The molecule has 2 aromatic rings. The number of esters is 5. The Labute approximate surface area is 431 Å². The van der Waals surface area contributed by atoms with E-state index >= 15 is 0 Å². The Kier molecular flexibility index (Phi) is 20.9. The van der Waals surface area contributed by atoms with Gasteiger partial charge in [-0.1, -0.05) is 27.7 Å². The summed E-state index contributed by atoms with van der Waals surface area (Å²) in [5.74, 6) is 0.418. The maximum atomic E-state index is 12.3. The Morgan fingerprint density at radius 2 is 1.14 bits per heavy atom. The predicted molar refractivity (Wildman–Crippen MR) is 270 cm³/mol. The van der Waals surface area contributed by atoms with Crippen LogP contribution in [0.25, 0.3) is 0 Å². The van der Waals surface area contributed by atoms with Crippen LogP contribution in [-0.2, 0) is 52.3 Å². The van der Waals surface area contributed by atoms with Crippen LogP contribution in [0.15, 0.2) is 42.5 Å². The number of epoxide rings is 3. The van der Waals surface area contributed by atoms with Crippen molar-refractivity contribution >= 4 is 35.8 Å². The molecule has 1 N–H and O–H groups in total. The lowest BCUT2D eigenvalue weighted by Gasteiger charge is -2.21. The van der Waals surface area contributed by atoms with E-state index in [0.717, 1.165) is 69.8 Å². The number of amides is 1. The van der Waals surface area contributed by atoms with E-state index in [1.165, 1.54) is 0 Å². The van der Waals surface area contributed by atoms with Crippen molar-refractivity contribution in [3.05, 3.63) is 59.2 Å². The first-order valence-electron chi connectivity index (χ1n) is 26.8. The van der Waals surface area contributed by atoms with Crippen LogP contribution in [0.3, 0.4) is 0 Å². The lowest BCUT2D eigenvalue weighted by Crippen LogP contribution is -2.35. The molecular formula is C57H81NO15. The van der Waals surface area contributed by atoms with Crippen LogP contribution in [0.4, 0.5) is 0 Å². The van der Waals surface area contributed by atoms with Crippen LogP contribution in [0.5, 0.6) is 11.5 Å². The minimum atomic E-state index is -0.533. The summed E-state index contributed by atoms with van der Waals surface area (Å²) in [6, 6.07) is 11.5. The van der Waals surface area contributed by atoms with Gasteiger partial charge in [-0.25, -0.2) is 9.59 Å². The fraction of sp³-hybridized carbons (Fsp3) is 0.684. The number of carbonyl (C=O) groups is 6. The largest absolute Gasteiger partial charge is 0.463 e. The van der Waals surface area contributed by atoms with Gasteiger partial charge in [0.1, 0.15) is 18.1 Å². The smallest absolute Gasteiger partial charge is 0.338 e. The molecule has 0 spiro atoms. The third-order valence-electron chi connectivity index (χ3n) is 15.3. The van der Waals surface area contributed by atoms with Crippen LogP contribution in [0, 0.1) is 41.4 Å². The monoisotopic (exact) mass is 1020 g/mol. The molecule has 2 aromatic carbocycles. The molecule has 3 heterocycles. The second kappa shape index (κ2) is 26.5. The van der Waals surface area contributed by atoms with Gasteiger partial charge >= 0.3 is 29.8 Å². The highest BCUT2D eigenvalue weighted by molar-refractivity contribution is 5.90. The normalized spacial score (nSPS) is 25.6. The zero-order chi connectivity index (χ0) is 52.9. The van der Waals surface area contributed by atoms with Crippen molar-refractivity contribution in [2.45, 2.75) is 176 Å². The summed E-state index contributed by atoms with van der Waals surface area (Å²) in [6.45, 7) is 19.4. The summed E-state index contributed by atoms with van der Waals surface area (Å²) < 4.78 is 48.6. The minimum absolute atomic E-state index is 0.0650. The van der Waals surface area contributed by atoms with Crippen LogP contribution in [-0.4, -0.2) is 112 Å². The Balaban J connectivity index is 0.000000179. The number of hydrogen-bond acceptors (Lipinski definition) is 15. The van der Waals surface area contributed by atoms with E-state index in [1.54, 1.807) is 42.5 Å². The molecule has 3 aliphatic heterocycles. The quantitative estimate of drug-likeness (QED) is 0.0407. The molecule has 404 valence electrons. The number of benzene rings is 2. The lowest BCUT2D eigenvalue weighted by molar-refractivity contribution is -0.149. The molecule has 10 unspecified atom stereocenters. The topological polar surface area (TPSA) is 207 Å². The molecule has 6 fully saturated rings. The van der Waals surface area contributed by atoms with Gasteiger partial charge < -0.3 is 47.9 Å². The van der Waals surface area contributed by atoms with Gasteiger partial charge in [0.2, 0.25) is 5.91 Å². The summed E-state index contributed by atoms with van der Waals surface area (Å²) in [5.41, 5.74) is 0.627. The van der Waals surface area contributed by atoms with E-state index in [-0.39, 0.29) is 54.2 Å². The molecule has 0 aromatic heterocycles. The number of nitrogens with one attached hydrogen (secondary N) is 1. The summed E-state index contributed by atoms with van der Waals surface area (Å²) in [6.07, 6.45) is 13.6. The molecule has 0 bridgehead atoms. The van der Waals surface area contributed by atoms with E-state index < -0.39 is 10.8 Å². The van der Waals surface area contributed by atoms with Gasteiger partial charge in [0, 0.05) is 12.5 Å². The number of fused-ring (bicyclic) bond motifs is 3. The zero-order valence-electron chi connectivity index (χ0n) is 44.7. The molecule has 8 rings (SSSR count). The fourth-order valence-corrected chi connectivity index (χ4v) is 8.80. The molecule has 3 saturated heterocycles. The molecule has 1 amide bonds. The highest BCUT2D eigenvalue weighted by atomic mass is 16.6. The summed E-state index contributed by atoms with van der Waals surface area (Å²) in [7, 11) is 0. The van der Waals surface area contributed by atoms with Gasteiger partial charge in [-0.15, -0.1) is 0 Å². The molecule has 3 aliphatic carbocycles. The Hall–Kier alpha value is -4.90. The minimum Gasteiger partial charge on any atom is -0.463 e. The Bertz CT molecular complexity index is 2190. The summed E-state index contributed by atoms with van der Waals surface area (Å²) >= 11 is 0. The molecule has 16 heteroatoms. The van der Waals surface area contributed by atoms with E-state index in [1.807, 2.05) is 62.3 Å². The third kappa shape index (κ3) is 17.6. The first kappa shape index (κ1) is 57.4. The number of carbonyl (C=O) groups excluding carboxylic acids is 6. The zero-order valence-corrected chi connectivity index (χ0v) is 44.7. The van der Waals surface area contributed by atoms with Gasteiger partial charge in [0.05, 0.1) is 90.9 Å². The maximum Gasteiger partial charge on any atom is 0.338 e. The molecule has 73 heavy (non-hydrogen) atoms. The Morgan fingerprint density at radius 3 is 1.66 bits per heavy atom. The highest BCUT2D eigenvalue weighted by Crippen LogP contribution is 2.41. The van der Waals surface area contributed by atoms with Crippen molar-refractivity contribution in [1.82, 2.24) is 5.32 Å². The average Bonchev–Trinajstić information content (AvgIpc) is 4.30. The first-order valence-corrected chi connectivity index (χ1v) is 26.8. The van der Waals surface area contributed by atoms with Crippen molar-refractivity contribution in [1.29, 1.82) is 0 Å². The molecular weight excluding hydrogens is 939 g/mol. The molecule has 0 radical (unpaired) electrons. The molecule has 3 saturated carbocycles. The molecule has 6 aliphatic rings. The van der Waals surface area contributed by atoms with Crippen LogP contribution in [0.1, 0.15) is 159 Å². The van der Waals surface area contributed by atoms with Crippen molar-refractivity contribution in [3.63, 3.8) is 0 Å². The number of ether oxygens (including phenoxy) is 9. The standard InChI is InChI=1S/C21H28O5.C20H26O5.C16H27NO5/c1-5-21(3,4)20(23)26-16-9-7-15(10-13(16)2)19(22)24-12-14-6-8-17-18(11-14)25-17;1-4-20(2,3)19(22)24-15-8-6-14(7-9-15)18(21)23-12-13-5-10-16-17(11-13)25-16;1-3-11(2)16(19)21-9-8-20-7-6-17-15(18)12-4-5-13-14(10-12)22-13/h7,9-10,14,17-18H,5-6,8,11-12H2,1-4H3;6-9,13,16-17H,4-5,10-12H2,1-3H3;11-14H,3-10H2,1-2H3,(H,17,18). The molecule has 16 nitrogen and oxygen atoms in total. The van der Waals surface area contributed by atoms with Gasteiger partial charge in [-0.2, -0.15) is 0 Å². The van der Waals surface area contributed by atoms with Crippen LogP contribution >= 0.6 is 0 Å². The van der Waals surface area contributed by atoms with Gasteiger partial charge in [-0.05, 0) is 172 Å². The van der Waals surface area contributed by atoms with Gasteiger partial charge in [0.15, 0.2) is 0 Å². The fourth-order valence-electron chi connectivity index (χ4n) is 8.80. The van der Waals surface area contributed by atoms with Crippen molar-refractivity contribution in [3.8, 4) is 11.5 Å². The van der Waals surface area contributed by atoms with Crippen LogP contribution in [0.2, 0.25) is 0 Å². The van der Waals surface area contributed by atoms with E-state index in [9.17, 15) is 28.8 Å². The maximum absolute atomic E-state index is 12.3. The van der Waals surface area contributed by atoms with Crippen molar-refractivity contribution < 1.29 is 71.4 Å². The second-order valence-corrected chi connectivity index (χ2v) is 21.8. The average molecular weight is 1020 g/mol. The summed E-state index contributed by atoms with van der Waals surface area (Å²) in [4.78, 5) is 72.1. The van der Waals surface area contributed by atoms with Crippen molar-refractivity contribution in [2.75, 3.05) is 39.6 Å². The highest BCUT2D eigenvalue weighted by Gasteiger charge is 2.46. The van der Waals surface area contributed by atoms with Crippen LogP contribution < -0.4 is 14.8 Å². The van der Waals surface area contributed by atoms with E-state index in [2.05, 4.69) is 5.32 Å². The third-order valence-corrected chi connectivity index (χ3v) is 15.3. The van der Waals surface area contributed by atoms with Gasteiger partial charge in [-0.3, -0.25) is 19.2 Å². The van der Waals surface area contributed by atoms with Gasteiger partial charge in [0.25, 0.3) is 0 Å². The summed E-state index contributed by atoms with van der Waals surface area (Å²) in [5, 5.41) is 2.89. The lowest BCUT2D eigenvalue weighted by atomic mass is 9.89. The van der Waals surface area contributed by atoms with E-state index in [4.69, 9.17) is 42.6 Å². The predicted octanol–water partition coefficient (Wildman–Crippen LogP) is 9.09. The number of rotatable bonds is 21. The number of hydrogen-bond donors (Lipinski definition) is 1. The van der Waals surface area contributed by atoms with Crippen molar-refractivity contribution in [2.24, 2.45) is 34.5 Å². The number of aryl methyl sites for hydroxylation is 1. The second-order valence-electron chi connectivity index (χ2n) is 21.8. The molecule has 10 atom stereocenters. The van der Waals surface area contributed by atoms with E-state index in [0.29, 0.717) is 117 Å².